The number of nitrogens with zero attached hydrogens (tertiary/aromatic N) is 1. The van der Waals surface area contributed by atoms with Crippen LogP contribution in [0.4, 0.5) is 11.4 Å². The number of sulfonamides is 1. The molecule has 0 saturated carbocycles. The molecule has 31 heavy (non-hydrogen) atoms. The molecule has 0 heterocycles. The maximum atomic E-state index is 13.5. The van der Waals surface area contributed by atoms with Crippen molar-refractivity contribution in [3.05, 3.63) is 81.9 Å². The first-order chi connectivity index (χ1) is 14.8. The van der Waals surface area contributed by atoms with Gasteiger partial charge in [0.1, 0.15) is 12.3 Å². The van der Waals surface area contributed by atoms with Gasteiger partial charge in [0.15, 0.2) is 0 Å². The largest absolute Gasteiger partial charge is 0.492 e. The van der Waals surface area contributed by atoms with Gasteiger partial charge >= 0.3 is 0 Å². The van der Waals surface area contributed by atoms with E-state index in [-0.39, 0.29) is 4.90 Å². The molecule has 3 aromatic carbocycles. The van der Waals surface area contributed by atoms with Crippen LogP contribution in [0.3, 0.4) is 0 Å². The quantitative estimate of drug-likeness (QED) is 0.408. The van der Waals surface area contributed by atoms with Crippen molar-refractivity contribution in [2.75, 3.05) is 22.8 Å². The highest BCUT2D eigenvalue weighted by molar-refractivity contribution is 14.1. The van der Waals surface area contributed by atoms with Crippen LogP contribution in [0.1, 0.15) is 12.5 Å². The Bertz CT molecular complexity index is 1150. The number of rotatable bonds is 8. The second kappa shape index (κ2) is 10.1. The number of carbonyl (C=O) groups is 1. The molecule has 0 bridgehead atoms. The highest BCUT2D eigenvalue weighted by atomic mass is 127. The van der Waals surface area contributed by atoms with Gasteiger partial charge in [-0.25, -0.2) is 8.42 Å². The third-order valence-electron chi connectivity index (χ3n) is 4.46. The van der Waals surface area contributed by atoms with Crippen LogP contribution in [-0.4, -0.2) is 27.5 Å². The van der Waals surface area contributed by atoms with Crippen molar-refractivity contribution in [3.63, 3.8) is 0 Å². The minimum Gasteiger partial charge on any atom is -0.492 e. The van der Waals surface area contributed by atoms with E-state index in [1.165, 1.54) is 12.1 Å². The van der Waals surface area contributed by atoms with Gasteiger partial charge in [0.25, 0.3) is 10.0 Å². The number of benzene rings is 3. The van der Waals surface area contributed by atoms with Gasteiger partial charge in [-0.1, -0.05) is 29.8 Å². The smallest absolute Gasteiger partial charge is 0.264 e. The van der Waals surface area contributed by atoms with Crippen LogP contribution in [0.25, 0.3) is 0 Å². The monoisotopic (exact) mass is 550 g/mol. The molecular formula is C23H23IN2O4S. The number of para-hydroxylation sites is 2. The first-order valence-corrected chi connectivity index (χ1v) is 12.2. The summed E-state index contributed by atoms with van der Waals surface area (Å²) in [6.07, 6.45) is 0. The predicted octanol–water partition coefficient (Wildman–Crippen LogP) is 4.83. The predicted molar refractivity (Wildman–Crippen MR) is 131 cm³/mol. The fourth-order valence-corrected chi connectivity index (χ4v) is 4.73. The van der Waals surface area contributed by atoms with E-state index in [4.69, 9.17) is 4.74 Å². The Hall–Kier alpha value is -2.59. The Morgan fingerprint density at radius 1 is 1.00 bits per heavy atom. The average Bonchev–Trinajstić information content (AvgIpc) is 2.75. The first-order valence-electron chi connectivity index (χ1n) is 9.68. The third-order valence-corrected chi connectivity index (χ3v) is 6.95. The van der Waals surface area contributed by atoms with Crippen molar-refractivity contribution in [1.82, 2.24) is 0 Å². The molecule has 0 aromatic heterocycles. The van der Waals surface area contributed by atoms with Crippen LogP contribution in [0.5, 0.6) is 5.75 Å². The SMILES string of the molecule is CCOc1ccccc1N(CC(=O)Nc1ccc(I)cc1)S(=O)(=O)c1ccc(C)cc1. The number of anilines is 2. The molecule has 0 saturated heterocycles. The first kappa shape index (κ1) is 23.1. The fourth-order valence-electron chi connectivity index (χ4n) is 2.94. The van der Waals surface area contributed by atoms with E-state index >= 15 is 0 Å². The summed E-state index contributed by atoms with van der Waals surface area (Å²) in [5, 5.41) is 2.76. The molecule has 6 nitrogen and oxygen atoms in total. The summed E-state index contributed by atoms with van der Waals surface area (Å²) < 4.78 is 34.8. The standard InChI is InChI=1S/C23H23IN2O4S/c1-3-30-22-7-5-4-6-21(22)26(31(28,29)20-14-8-17(2)9-15-20)16-23(27)25-19-12-10-18(24)11-13-19/h4-15H,3,16H2,1-2H3,(H,25,27). The molecule has 8 heteroatoms. The third kappa shape index (κ3) is 5.76. The van der Waals surface area contributed by atoms with Crippen molar-refractivity contribution in [1.29, 1.82) is 0 Å². The average molecular weight is 550 g/mol. The van der Waals surface area contributed by atoms with E-state index in [9.17, 15) is 13.2 Å². The van der Waals surface area contributed by atoms with Crippen LogP contribution in [0.15, 0.2) is 77.7 Å². The zero-order valence-corrected chi connectivity index (χ0v) is 20.2. The summed E-state index contributed by atoms with van der Waals surface area (Å²) in [5.41, 5.74) is 1.84. The van der Waals surface area contributed by atoms with Crippen molar-refractivity contribution < 1.29 is 17.9 Å². The second-order valence-corrected chi connectivity index (χ2v) is 9.89. The van der Waals surface area contributed by atoms with Gasteiger partial charge < -0.3 is 10.1 Å². The Balaban J connectivity index is 1.99. The number of carbonyl (C=O) groups excluding carboxylic acids is 1. The van der Waals surface area contributed by atoms with Crippen molar-refractivity contribution in [2.24, 2.45) is 0 Å². The van der Waals surface area contributed by atoms with Crippen molar-refractivity contribution in [3.8, 4) is 5.75 Å². The summed E-state index contributed by atoms with van der Waals surface area (Å²) in [7, 11) is -4.01. The molecule has 162 valence electrons. The summed E-state index contributed by atoms with van der Waals surface area (Å²) >= 11 is 2.17. The molecule has 0 unspecified atom stereocenters. The van der Waals surface area contributed by atoms with Crippen LogP contribution in [0, 0.1) is 10.5 Å². The van der Waals surface area contributed by atoms with Crippen LogP contribution in [-0.2, 0) is 14.8 Å². The molecule has 1 N–H and O–H groups in total. The van der Waals surface area contributed by atoms with Gasteiger partial charge in [-0.15, -0.1) is 0 Å². The molecule has 1 amide bonds. The number of halogens is 1. The number of hydrogen-bond donors (Lipinski definition) is 1. The van der Waals surface area contributed by atoms with Crippen LogP contribution in [0.2, 0.25) is 0 Å². The fraction of sp³-hybridized carbons (Fsp3) is 0.174. The molecule has 0 atom stereocenters. The van der Waals surface area contributed by atoms with Gasteiger partial charge in [0.2, 0.25) is 5.91 Å². The lowest BCUT2D eigenvalue weighted by Crippen LogP contribution is -2.38. The van der Waals surface area contributed by atoms with E-state index in [1.807, 2.05) is 26.0 Å². The number of amides is 1. The molecule has 0 aliphatic rings. The Morgan fingerprint density at radius 3 is 2.29 bits per heavy atom. The summed E-state index contributed by atoms with van der Waals surface area (Å²) in [6.45, 7) is 3.67. The Labute approximate surface area is 196 Å². The minimum atomic E-state index is -4.01. The van der Waals surface area contributed by atoms with E-state index < -0.39 is 22.5 Å². The van der Waals surface area contributed by atoms with Gasteiger partial charge in [-0.2, -0.15) is 0 Å². The summed E-state index contributed by atoms with van der Waals surface area (Å²) in [6, 6.07) is 20.6. The zero-order valence-electron chi connectivity index (χ0n) is 17.2. The van der Waals surface area contributed by atoms with Crippen molar-refractivity contribution >= 4 is 49.9 Å². The van der Waals surface area contributed by atoms with Crippen LogP contribution < -0.4 is 14.4 Å². The lowest BCUT2D eigenvalue weighted by molar-refractivity contribution is -0.114. The highest BCUT2D eigenvalue weighted by Crippen LogP contribution is 2.32. The maximum Gasteiger partial charge on any atom is 0.264 e. The zero-order chi connectivity index (χ0) is 22.4. The minimum absolute atomic E-state index is 0.103. The second-order valence-electron chi connectivity index (χ2n) is 6.78. The molecule has 0 radical (unpaired) electrons. The molecule has 3 aromatic rings. The van der Waals surface area contributed by atoms with Gasteiger partial charge in [-0.05, 0) is 85.0 Å². The molecular weight excluding hydrogens is 527 g/mol. The molecule has 0 fully saturated rings. The van der Waals surface area contributed by atoms with Crippen LogP contribution >= 0.6 is 22.6 Å². The maximum absolute atomic E-state index is 13.5. The summed E-state index contributed by atoms with van der Waals surface area (Å²) in [4.78, 5) is 12.9. The van der Waals surface area contributed by atoms with Gasteiger partial charge in [-0.3, -0.25) is 9.10 Å². The van der Waals surface area contributed by atoms with E-state index in [0.29, 0.717) is 23.7 Å². The van der Waals surface area contributed by atoms with E-state index in [0.717, 1.165) is 13.4 Å². The topological polar surface area (TPSA) is 75.7 Å². The van der Waals surface area contributed by atoms with E-state index in [2.05, 4.69) is 27.9 Å². The molecule has 0 spiro atoms. The molecule has 3 rings (SSSR count). The normalized spacial score (nSPS) is 11.1. The molecule has 0 aliphatic heterocycles. The lowest BCUT2D eigenvalue weighted by Gasteiger charge is -2.26. The lowest BCUT2D eigenvalue weighted by atomic mass is 10.2. The Kier molecular flexibility index (Phi) is 7.55. The number of nitrogens with one attached hydrogen (secondary N) is 1. The van der Waals surface area contributed by atoms with Crippen molar-refractivity contribution in [2.45, 2.75) is 18.7 Å². The van der Waals surface area contributed by atoms with Gasteiger partial charge in [0, 0.05) is 9.26 Å². The highest BCUT2D eigenvalue weighted by Gasteiger charge is 2.29. The van der Waals surface area contributed by atoms with Gasteiger partial charge in [0.05, 0.1) is 17.2 Å². The molecule has 0 aliphatic carbocycles. The number of ether oxygens (including phenoxy) is 1. The van der Waals surface area contributed by atoms with E-state index in [1.54, 1.807) is 48.5 Å². The summed E-state index contributed by atoms with van der Waals surface area (Å²) in [5.74, 6) is -0.0639. The number of aryl methyl sites for hydroxylation is 1. The number of hydrogen-bond acceptors (Lipinski definition) is 4. The Morgan fingerprint density at radius 2 is 1.65 bits per heavy atom.